The monoisotopic (exact) mass is 360 g/mol. The lowest BCUT2D eigenvalue weighted by Gasteiger charge is -2.37. The average molecular weight is 360 g/mol. The van der Waals surface area contributed by atoms with Crippen LogP contribution >= 0.6 is 0 Å². The number of benzene rings is 2. The van der Waals surface area contributed by atoms with E-state index in [9.17, 15) is 8.42 Å². The molecule has 1 fully saturated rings. The minimum Gasteiger partial charge on any atom is -0.368 e. The molecule has 3 rings (SSSR count). The highest BCUT2D eigenvalue weighted by atomic mass is 32.2. The summed E-state index contributed by atoms with van der Waals surface area (Å²) < 4.78 is 27.4. The van der Waals surface area contributed by atoms with E-state index in [0.29, 0.717) is 5.69 Å². The van der Waals surface area contributed by atoms with E-state index in [0.717, 1.165) is 36.2 Å². The standard InChI is InChI=1S/C18H24N4O2S/c1-20(2)25(23,24)19-16-8-10-18(11-9-16)22-14-12-21(13-15-22)17-6-4-3-5-7-17/h3-11,19H,12-15H2,1-2H3. The zero-order valence-corrected chi connectivity index (χ0v) is 15.4. The van der Waals surface area contributed by atoms with Crippen molar-refractivity contribution in [2.75, 3.05) is 54.8 Å². The summed E-state index contributed by atoms with van der Waals surface area (Å²) in [4.78, 5) is 4.71. The van der Waals surface area contributed by atoms with Crippen LogP contribution in [0.15, 0.2) is 54.6 Å². The fourth-order valence-corrected chi connectivity index (χ4v) is 3.46. The van der Waals surface area contributed by atoms with Gasteiger partial charge in [0.15, 0.2) is 0 Å². The van der Waals surface area contributed by atoms with Gasteiger partial charge in [-0.3, -0.25) is 4.72 Å². The van der Waals surface area contributed by atoms with Gasteiger partial charge < -0.3 is 9.80 Å². The minimum atomic E-state index is -3.46. The molecule has 6 nitrogen and oxygen atoms in total. The van der Waals surface area contributed by atoms with Crippen molar-refractivity contribution in [1.29, 1.82) is 0 Å². The maximum atomic E-state index is 11.9. The van der Waals surface area contributed by atoms with Crippen LogP contribution in [-0.4, -0.2) is 53.0 Å². The molecule has 1 aliphatic heterocycles. The molecule has 0 atom stereocenters. The van der Waals surface area contributed by atoms with Crippen molar-refractivity contribution in [2.24, 2.45) is 0 Å². The molecule has 0 unspecified atom stereocenters. The normalized spacial score (nSPS) is 15.5. The Hall–Kier alpha value is -2.25. The first-order valence-electron chi connectivity index (χ1n) is 8.31. The van der Waals surface area contributed by atoms with Crippen molar-refractivity contribution in [3.63, 3.8) is 0 Å². The first-order valence-corrected chi connectivity index (χ1v) is 9.75. The van der Waals surface area contributed by atoms with Gasteiger partial charge in [-0.25, -0.2) is 0 Å². The highest BCUT2D eigenvalue weighted by molar-refractivity contribution is 7.90. The van der Waals surface area contributed by atoms with Crippen molar-refractivity contribution in [3.05, 3.63) is 54.6 Å². The van der Waals surface area contributed by atoms with E-state index >= 15 is 0 Å². The predicted molar refractivity (Wildman–Crippen MR) is 104 cm³/mol. The number of hydrogen-bond donors (Lipinski definition) is 1. The zero-order chi connectivity index (χ0) is 17.9. The lowest BCUT2D eigenvalue weighted by molar-refractivity contribution is 0.527. The number of anilines is 3. The summed E-state index contributed by atoms with van der Waals surface area (Å²) in [6.07, 6.45) is 0. The van der Waals surface area contributed by atoms with Crippen molar-refractivity contribution in [3.8, 4) is 0 Å². The Morgan fingerprint density at radius 1 is 0.800 bits per heavy atom. The van der Waals surface area contributed by atoms with E-state index < -0.39 is 10.2 Å². The third-order valence-electron chi connectivity index (χ3n) is 4.36. The third-order valence-corrected chi connectivity index (χ3v) is 5.82. The van der Waals surface area contributed by atoms with E-state index in [1.807, 2.05) is 18.2 Å². The lowest BCUT2D eigenvalue weighted by atomic mass is 10.2. The molecular formula is C18H24N4O2S. The van der Waals surface area contributed by atoms with Crippen molar-refractivity contribution >= 4 is 27.3 Å². The Morgan fingerprint density at radius 3 is 1.76 bits per heavy atom. The molecule has 0 spiro atoms. The first kappa shape index (κ1) is 17.6. The number of rotatable bonds is 5. The zero-order valence-electron chi connectivity index (χ0n) is 14.6. The summed E-state index contributed by atoms with van der Waals surface area (Å²) in [7, 11) is -0.458. The van der Waals surface area contributed by atoms with Gasteiger partial charge in [-0.15, -0.1) is 0 Å². The average Bonchev–Trinajstić information content (AvgIpc) is 2.63. The minimum absolute atomic E-state index is 0.570. The molecule has 134 valence electrons. The molecule has 25 heavy (non-hydrogen) atoms. The molecule has 1 saturated heterocycles. The van der Waals surface area contributed by atoms with Gasteiger partial charge in [0.25, 0.3) is 0 Å². The molecule has 1 N–H and O–H groups in total. The second-order valence-corrected chi connectivity index (χ2v) is 8.13. The second-order valence-electron chi connectivity index (χ2n) is 6.25. The van der Waals surface area contributed by atoms with Gasteiger partial charge in [0, 0.05) is 57.3 Å². The summed E-state index contributed by atoms with van der Waals surface area (Å²) in [5, 5.41) is 0. The fraction of sp³-hybridized carbons (Fsp3) is 0.333. The molecular weight excluding hydrogens is 336 g/mol. The SMILES string of the molecule is CN(C)S(=O)(=O)Nc1ccc(N2CCN(c3ccccc3)CC2)cc1. The third kappa shape index (κ3) is 4.24. The number of para-hydroxylation sites is 1. The van der Waals surface area contributed by atoms with Crippen molar-refractivity contribution in [1.82, 2.24) is 4.31 Å². The Morgan fingerprint density at radius 2 is 1.28 bits per heavy atom. The predicted octanol–water partition coefficient (Wildman–Crippen LogP) is 2.23. The molecule has 2 aromatic carbocycles. The second kappa shape index (κ2) is 7.33. The summed E-state index contributed by atoms with van der Waals surface area (Å²) in [5.74, 6) is 0. The van der Waals surface area contributed by atoms with Gasteiger partial charge in [-0.05, 0) is 36.4 Å². The highest BCUT2D eigenvalue weighted by Gasteiger charge is 2.18. The van der Waals surface area contributed by atoms with Crippen molar-refractivity contribution < 1.29 is 8.42 Å². The lowest BCUT2D eigenvalue weighted by Crippen LogP contribution is -2.46. The summed E-state index contributed by atoms with van der Waals surface area (Å²) in [6.45, 7) is 3.83. The summed E-state index contributed by atoms with van der Waals surface area (Å²) >= 11 is 0. The number of piperazine rings is 1. The molecule has 0 aromatic heterocycles. The van der Waals surface area contributed by atoms with Gasteiger partial charge in [-0.2, -0.15) is 12.7 Å². The Bertz CT molecular complexity index is 784. The van der Waals surface area contributed by atoms with Crippen molar-refractivity contribution in [2.45, 2.75) is 0 Å². The van der Waals surface area contributed by atoms with Gasteiger partial charge in [0.1, 0.15) is 0 Å². The van der Waals surface area contributed by atoms with Gasteiger partial charge >= 0.3 is 10.2 Å². The quantitative estimate of drug-likeness (QED) is 0.888. The highest BCUT2D eigenvalue weighted by Crippen LogP contribution is 2.22. The molecule has 1 aliphatic rings. The van der Waals surface area contributed by atoms with E-state index in [1.165, 1.54) is 19.8 Å². The molecule has 0 saturated carbocycles. The molecule has 0 amide bonds. The van der Waals surface area contributed by atoms with Crippen LogP contribution in [0, 0.1) is 0 Å². The smallest absolute Gasteiger partial charge is 0.301 e. The number of hydrogen-bond acceptors (Lipinski definition) is 4. The maximum absolute atomic E-state index is 11.9. The van der Waals surface area contributed by atoms with Crippen LogP contribution < -0.4 is 14.5 Å². The molecule has 1 heterocycles. The van der Waals surface area contributed by atoms with Crippen LogP contribution in [0.25, 0.3) is 0 Å². The molecule has 0 radical (unpaired) electrons. The van der Waals surface area contributed by atoms with E-state index in [-0.39, 0.29) is 0 Å². The van der Waals surface area contributed by atoms with Crippen LogP contribution in [-0.2, 0) is 10.2 Å². The number of nitrogens with zero attached hydrogens (tertiary/aromatic N) is 3. The Kier molecular flexibility index (Phi) is 5.15. The molecule has 0 aliphatic carbocycles. The summed E-state index contributed by atoms with van der Waals surface area (Å²) in [5.41, 5.74) is 2.94. The topological polar surface area (TPSA) is 55.9 Å². The van der Waals surface area contributed by atoms with Gasteiger partial charge in [0.2, 0.25) is 0 Å². The van der Waals surface area contributed by atoms with Crippen LogP contribution in [0.5, 0.6) is 0 Å². The molecule has 2 aromatic rings. The van der Waals surface area contributed by atoms with Crippen LogP contribution in [0.1, 0.15) is 0 Å². The molecule has 0 bridgehead atoms. The van der Waals surface area contributed by atoms with Gasteiger partial charge in [0.05, 0.1) is 0 Å². The van der Waals surface area contributed by atoms with E-state index in [4.69, 9.17) is 0 Å². The Balaban J connectivity index is 1.61. The first-order chi connectivity index (χ1) is 12.0. The molecule has 7 heteroatoms. The van der Waals surface area contributed by atoms with E-state index in [1.54, 1.807) is 12.1 Å². The summed E-state index contributed by atoms with van der Waals surface area (Å²) in [6, 6.07) is 18.0. The van der Waals surface area contributed by atoms with Gasteiger partial charge in [-0.1, -0.05) is 18.2 Å². The number of nitrogens with one attached hydrogen (secondary N) is 1. The maximum Gasteiger partial charge on any atom is 0.301 e. The largest absolute Gasteiger partial charge is 0.368 e. The Labute approximate surface area is 149 Å². The van der Waals surface area contributed by atoms with Crippen LogP contribution in [0.2, 0.25) is 0 Å². The fourth-order valence-electron chi connectivity index (χ4n) is 2.84. The van der Waals surface area contributed by atoms with Crippen LogP contribution in [0.3, 0.4) is 0 Å². The van der Waals surface area contributed by atoms with Crippen LogP contribution in [0.4, 0.5) is 17.1 Å². The van der Waals surface area contributed by atoms with E-state index in [2.05, 4.69) is 38.8 Å².